The first-order chi connectivity index (χ1) is 4.83. The summed E-state index contributed by atoms with van der Waals surface area (Å²) in [6.45, 7) is -0.781. The van der Waals surface area contributed by atoms with Gasteiger partial charge in [-0.25, -0.2) is 13.9 Å². The molecule has 1 unspecified atom stereocenters. The fourth-order valence-electron chi connectivity index (χ4n) is 0.291. The first-order valence-electron chi connectivity index (χ1n) is 2.56. The van der Waals surface area contributed by atoms with Gasteiger partial charge >= 0.3 is 0 Å². The average Bonchev–Trinajstić information content (AvgIpc) is 1.80. The maximum Gasteiger partial charge on any atom is 0.274 e. The van der Waals surface area contributed by atoms with Crippen LogP contribution in [0.3, 0.4) is 0 Å². The Hall–Kier alpha value is -0.310. The molecule has 68 valence electrons. The summed E-state index contributed by atoms with van der Waals surface area (Å²) in [7, 11) is -4.00. The zero-order valence-corrected chi connectivity index (χ0v) is 6.18. The van der Waals surface area contributed by atoms with E-state index in [1.807, 2.05) is 0 Å². The Balaban J connectivity index is 3.72. The second-order valence-corrected chi connectivity index (χ2v) is 3.17. The minimum atomic E-state index is -4.00. The van der Waals surface area contributed by atoms with Gasteiger partial charge < -0.3 is 5.11 Å². The monoisotopic (exact) mass is 190 g/mol. The number of hydrogen-bond donors (Lipinski definition) is 3. The standard InChI is InChI=1S/C3H8F2N2O3S/c4-3(5)2(8)1-7-11(6,9)10/h2-3,7-8H,1H2,(H2,6,9,10). The van der Waals surface area contributed by atoms with Crippen molar-refractivity contribution in [2.24, 2.45) is 5.14 Å². The predicted molar refractivity (Wildman–Crippen MR) is 33.1 cm³/mol. The molecule has 1 atom stereocenters. The molecule has 5 nitrogen and oxygen atoms in total. The SMILES string of the molecule is NS(=O)(=O)NCC(O)C(F)F. The molecule has 0 aromatic rings. The summed E-state index contributed by atoms with van der Waals surface area (Å²) in [4.78, 5) is 0. The molecule has 0 aliphatic carbocycles. The number of nitrogens with one attached hydrogen (secondary N) is 1. The van der Waals surface area contributed by atoms with Crippen LogP contribution in [0.15, 0.2) is 0 Å². The van der Waals surface area contributed by atoms with Crippen molar-refractivity contribution in [3.63, 3.8) is 0 Å². The Kier molecular flexibility index (Phi) is 3.79. The molecular formula is C3H8F2N2O3S. The lowest BCUT2D eigenvalue weighted by Gasteiger charge is -2.08. The summed E-state index contributed by atoms with van der Waals surface area (Å²) >= 11 is 0. The molecule has 0 aromatic heterocycles. The lowest BCUT2D eigenvalue weighted by atomic mass is 10.4. The Morgan fingerprint density at radius 2 is 2.00 bits per heavy atom. The van der Waals surface area contributed by atoms with E-state index in [2.05, 4.69) is 5.14 Å². The van der Waals surface area contributed by atoms with Crippen LogP contribution in [0.5, 0.6) is 0 Å². The van der Waals surface area contributed by atoms with Gasteiger partial charge in [0.15, 0.2) is 0 Å². The quantitative estimate of drug-likeness (QED) is 0.498. The minimum absolute atomic E-state index is 0.781. The highest BCUT2D eigenvalue weighted by Crippen LogP contribution is 1.98. The Bertz CT molecular complexity index is 205. The Morgan fingerprint density at radius 3 is 2.27 bits per heavy atom. The first kappa shape index (κ1) is 10.7. The number of alkyl halides is 2. The maximum atomic E-state index is 11.5. The minimum Gasteiger partial charge on any atom is -0.386 e. The number of halogens is 2. The van der Waals surface area contributed by atoms with Gasteiger partial charge in [0.1, 0.15) is 6.10 Å². The summed E-state index contributed by atoms with van der Waals surface area (Å²) in [5, 5.41) is 12.7. The van der Waals surface area contributed by atoms with Crippen molar-refractivity contribution in [2.45, 2.75) is 12.5 Å². The van der Waals surface area contributed by atoms with Gasteiger partial charge in [0.05, 0.1) is 0 Å². The molecule has 0 heterocycles. The lowest BCUT2D eigenvalue weighted by molar-refractivity contribution is -0.000449. The van der Waals surface area contributed by atoms with Crippen LogP contribution in [0.25, 0.3) is 0 Å². The largest absolute Gasteiger partial charge is 0.386 e. The van der Waals surface area contributed by atoms with Crippen LogP contribution in [-0.4, -0.2) is 32.6 Å². The zero-order chi connectivity index (χ0) is 9.07. The van der Waals surface area contributed by atoms with Crippen LogP contribution >= 0.6 is 0 Å². The van der Waals surface area contributed by atoms with Gasteiger partial charge in [-0.1, -0.05) is 0 Å². The highest BCUT2D eigenvalue weighted by atomic mass is 32.2. The Morgan fingerprint density at radius 1 is 1.55 bits per heavy atom. The van der Waals surface area contributed by atoms with Gasteiger partial charge in [0.2, 0.25) is 0 Å². The molecule has 8 heteroatoms. The third-order valence-corrected chi connectivity index (χ3v) is 1.35. The van der Waals surface area contributed by atoms with Crippen molar-refractivity contribution < 1.29 is 22.3 Å². The summed E-state index contributed by atoms with van der Waals surface area (Å²) in [5.74, 6) is 0. The third-order valence-electron chi connectivity index (χ3n) is 0.785. The van der Waals surface area contributed by atoms with E-state index in [1.54, 1.807) is 0 Å². The number of aliphatic hydroxyl groups excluding tert-OH is 1. The van der Waals surface area contributed by atoms with Crippen LogP contribution in [0.2, 0.25) is 0 Å². The molecule has 0 radical (unpaired) electrons. The lowest BCUT2D eigenvalue weighted by Crippen LogP contribution is -2.39. The highest BCUT2D eigenvalue weighted by molar-refractivity contribution is 7.87. The van der Waals surface area contributed by atoms with E-state index >= 15 is 0 Å². The number of aliphatic hydroxyl groups is 1. The van der Waals surface area contributed by atoms with Gasteiger partial charge in [-0.15, -0.1) is 0 Å². The number of nitrogens with two attached hydrogens (primary N) is 1. The topological polar surface area (TPSA) is 92.4 Å². The van der Waals surface area contributed by atoms with Crippen LogP contribution < -0.4 is 9.86 Å². The molecule has 11 heavy (non-hydrogen) atoms. The van der Waals surface area contributed by atoms with Gasteiger partial charge in [-0.2, -0.15) is 13.1 Å². The zero-order valence-electron chi connectivity index (χ0n) is 5.37. The second kappa shape index (κ2) is 3.90. The second-order valence-electron chi connectivity index (χ2n) is 1.80. The van der Waals surface area contributed by atoms with E-state index < -0.39 is 29.3 Å². The average molecular weight is 190 g/mol. The third kappa shape index (κ3) is 6.10. The maximum absolute atomic E-state index is 11.5. The number of hydrogen-bond acceptors (Lipinski definition) is 3. The molecule has 0 saturated carbocycles. The summed E-state index contributed by atoms with van der Waals surface area (Å²) in [5.41, 5.74) is 0. The van der Waals surface area contributed by atoms with Crippen LogP contribution in [0, 0.1) is 0 Å². The molecule has 0 aliphatic heterocycles. The van der Waals surface area contributed by atoms with Gasteiger partial charge in [-0.3, -0.25) is 0 Å². The molecule has 0 spiro atoms. The summed E-state index contributed by atoms with van der Waals surface area (Å²) < 4.78 is 44.6. The molecule has 0 rings (SSSR count). The molecule has 0 saturated heterocycles. The van der Waals surface area contributed by atoms with E-state index in [9.17, 15) is 17.2 Å². The molecule has 0 aromatic carbocycles. The molecule has 0 fully saturated rings. The fraction of sp³-hybridized carbons (Fsp3) is 1.00. The summed E-state index contributed by atoms with van der Waals surface area (Å²) in [6.07, 6.45) is -5.00. The number of rotatable bonds is 4. The van der Waals surface area contributed by atoms with Gasteiger partial charge in [-0.05, 0) is 0 Å². The molecular weight excluding hydrogens is 182 g/mol. The van der Waals surface area contributed by atoms with Gasteiger partial charge in [0, 0.05) is 6.54 Å². The smallest absolute Gasteiger partial charge is 0.274 e. The van der Waals surface area contributed by atoms with Crippen molar-refractivity contribution in [2.75, 3.05) is 6.54 Å². The van der Waals surface area contributed by atoms with Crippen LogP contribution in [0.4, 0.5) is 8.78 Å². The van der Waals surface area contributed by atoms with Crippen molar-refractivity contribution in [1.29, 1.82) is 0 Å². The van der Waals surface area contributed by atoms with Crippen molar-refractivity contribution in [3.8, 4) is 0 Å². The van der Waals surface area contributed by atoms with E-state index in [-0.39, 0.29) is 0 Å². The molecule has 0 bridgehead atoms. The van der Waals surface area contributed by atoms with Crippen molar-refractivity contribution in [3.05, 3.63) is 0 Å². The van der Waals surface area contributed by atoms with E-state index in [0.29, 0.717) is 0 Å². The summed E-state index contributed by atoms with van der Waals surface area (Å²) in [6, 6.07) is 0. The fourth-order valence-corrected chi connectivity index (χ4v) is 0.694. The van der Waals surface area contributed by atoms with E-state index in [0.717, 1.165) is 0 Å². The van der Waals surface area contributed by atoms with Crippen molar-refractivity contribution in [1.82, 2.24) is 4.72 Å². The Labute approximate surface area is 62.4 Å². The van der Waals surface area contributed by atoms with Crippen molar-refractivity contribution >= 4 is 10.2 Å². The van der Waals surface area contributed by atoms with Gasteiger partial charge in [0.25, 0.3) is 16.6 Å². The van der Waals surface area contributed by atoms with E-state index in [4.69, 9.17) is 5.11 Å². The molecule has 0 aliphatic rings. The van der Waals surface area contributed by atoms with E-state index in [1.165, 1.54) is 4.72 Å². The normalized spacial score (nSPS) is 15.4. The molecule has 0 amide bonds. The first-order valence-corrected chi connectivity index (χ1v) is 4.11. The highest BCUT2D eigenvalue weighted by Gasteiger charge is 2.17. The predicted octanol–water partition coefficient (Wildman–Crippen LogP) is -1.59. The van der Waals surface area contributed by atoms with Crippen LogP contribution in [-0.2, 0) is 10.2 Å². The molecule has 4 N–H and O–H groups in total. The van der Waals surface area contributed by atoms with Crippen LogP contribution in [0.1, 0.15) is 0 Å².